The summed E-state index contributed by atoms with van der Waals surface area (Å²) in [7, 11) is 0. The molecule has 0 unspecified atom stereocenters. The fraction of sp³-hybridized carbons (Fsp3) is 0.200. The lowest BCUT2D eigenvalue weighted by atomic mass is 10.1. The van der Waals surface area contributed by atoms with Crippen LogP contribution in [0.3, 0.4) is 0 Å². The molecule has 0 radical (unpaired) electrons. The highest BCUT2D eigenvalue weighted by Crippen LogP contribution is 2.09. The lowest BCUT2D eigenvalue weighted by Crippen LogP contribution is -2.22. The Morgan fingerprint density at radius 2 is 2.33 bits per heavy atom. The average molecular weight is 208 g/mol. The summed E-state index contributed by atoms with van der Waals surface area (Å²) in [4.78, 5) is 10.2. The van der Waals surface area contributed by atoms with Crippen molar-refractivity contribution >= 4 is 5.97 Å². The lowest BCUT2D eigenvalue weighted by Gasteiger charge is -2.04. The number of nitrogens with one attached hydrogen (secondary N) is 1. The molecule has 0 amide bonds. The van der Waals surface area contributed by atoms with Gasteiger partial charge in [0.15, 0.2) is 0 Å². The molecule has 0 aliphatic carbocycles. The van der Waals surface area contributed by atoms with Crippen molar-refractivity contribution in [1.82, 2.24) is 5.32 Å². The first kappa shape index (κ1) is 11.1. The molecular formula is C10H9FN2O2. The fourth-order valence-electron chi connectivity index (χ4n) is 1.11. The van der Waals surface area contributed by atoms with Gasteiger partial charge in [-0.2, -0.15) is 5.26 Å². The van der Waals surface area contributed by atoms with Gasteiger partial charge in [0.2, 0.25) is 0 Å². The largest absolute Gasteiger partial charge is 0.480 e. The van der Waals surface area contributed by atoms with Crippen LogP contribution in [0.25, 0.3) is 0 Å². The van der Waals surface area contributed by atoms with Crippen molar-refractivity contribution in [2.24, 2.45) is 0 Å². The third kappa shape index (κ3) is 3.37. The zero-order valence-corrected chi connectivity index (χ0v) is 7.83. The number of nitrogens with zero attached hydrogens (tertiary/aromatic N) is 1. The first-order chi connectivity index (χ1) is 7.13. The second-order valence-corrected chi connectivity index (χ2v) is 2.91. The third-order valence-corrected chi connectivity index (χ3v) is 1.78. The van der Waals surface area contributed by atoms with Crippen LogP contribution in [0, 0.1) is 17.1 Å². The van der Waals surface area contributed by atoms with Crippen LogP contribution in [-0.2, 0) is 11.3 Å². The van der Waals surface area contributed by atoms with Gasteiger partial charge < -0.3 is 10.4 Å². The number of carbonyl (C=O) groups is 1. The number of rotatable bonds is 4. The Labute approximate surface area is 86.0 Å². The summed E-state index contributed by atoms with van der Waals surface area (Å²) in [5, 5.41) is 19.7. The van der Waals surface area contributed by atoms with E-state index in [0.29, 0.717) is 5.56 Å². The van der Waals surface area contributed by atoms with Crippen LogP contribution in [0.4, 0.5) is 4.39 Å². The molecule has 0 aromatic heterocycles. The molecule has 2 N–H and O–H groups in total. The molecule has 0 saturated heterocycles. The molecule has 1 aromatic carbocycles. The Morgan fingerprint density at radius 1 is 1.60 bits per heavy atom. The average Bonchev–Trinajstić information content (AvgIpc) is 2.19. The highest BCUT2D eigenvalue weighted by molar-refractivity contribution is 5.69. The molecule has 78 valence electrons. The maximum absolute atomic E-state index is 12.7. The first-order valence-corrected chi connectivity index (χ1v) is 4.24. The van der Waals surface area contributed by atoms with Gasteiger partial charge in [-0.15, -0.1) is 0 Å². The summed E-state index contributed by atoms with van der Waals surface area (Å²) < 4.78 is 12.7. The van der Waals surface area contributed by atoms with Crippen LogP contribution < -0.4 is 5.32 Å². The molecule has 5 heteroatoms. The second-order valence-electron chi connectivity index (χ2n) is 2.91. The number of halogens is 1. The predicted molar refractivity (Wildman–Crippen MR) is 50.5 cm³/mol. The number of benzene rings is 1. The van der Waals surface area contributed by atoms with Gasteiger partial charge in [0.1, 0.15) is 5.82 Å². The van der Waals surface area contributed by atoms with Crippen molar-refractivity contribution < 1.29 is 14.3 Å². The highest BCUT2D eigenvalue weighted by atomic mass is 19.1. The molecule has 0 aliphatic rings. The maximum Gasteiger partial charge on any atom is 0.317 e. The Balaban J connectivity index is 2.69. The van der Waals surface area contributed by atoms with Gasteiger partial charge in [0, 0.05) is 6.54 Å². The molecule has 0 bridgehead atoms. The SMILES string of the molecule is N#Cc1cc(F)ccc1CNCC(=O)O. The summed E-state index contributed by atoms with van der Waals surface area (Å²) in [6.07, 6.45) is 0. The fourth-order valence-corrected chi connectivity index (χ4v) is 1.11. The van der Waals surface area contributed by atoms with E-state index in [4.69, 9.17) is 10.4 Å². The number of carboxylic acids is 1. The summed E-state index contributed by atoms with van der Waals surface area (Å²) in [6.45, 7) is 0.0394. The summed E-state index contributed by atoms with van der Waals surface area (Å²) in [5.74, 6) is -1.45. The molecule has 0 fully saturated rings. The molecule has 0 heterocycles. The minimum absolute atomic E-state index is 0.192. The quantitative estimate of drug-likeness (QED) is 0.770. The van der Waals surface area contributed by atoms with Gasteiger partial charge in [0.25, 0.3) is 0 Å². The summed E-state index contributed by atoms with van der Waals surface area (Å²) in [6, 6.07) is 5.67. The van der Waals surface area contributed by atoms with Gasteiger partial charge in [-0.3, -0.25) is 4.79 Å². The van der Waals surface area contributed by atoms with Crippen LogP contribution >= 0.6 is 0 Å². The van der Waals surface area contributed by atoms with E-state index in [1.807, 2.05) is 6.07 Å². The van der Waals surface area contributed by atoms with E-state index in [-0.39, 0.29) is 18.7 Å². The highest BCUT2D eigenvalue weighted by Gasteiger charge is 2.04. The van der Waals surface area contributed by atoms with E-state index >= 15 is 0 Å². The zero-order valence-electron chi connectivity index (χ0n) is 7.83. The lowest BCUT2D eigenvalue weighted by molar-refractivity contribution is -0.135. The normalized spacial score (nSPS) is 9.60. The van der Waals surface area contributed by atoms with Crippen molar-refractivity contribution in [1.29, 1.82) is 5.26 Å². The van der Waals surface area contributed by atoms with Crippen molar-refractivity contribution in [3.8, 4) is 6.07 Å². The van der Waals surface area contributed by atoms with Crippen molar-refractivity contribution in [3.05, 3.63) is 35.1 Å². The van der Waals surface area contributed by atoms with Crippen LogP contribution in [0.1, 0.15) is 11.1 Å². The van der Waals surface area contributed by atoms with Crippen LogP contribution in [-0.4, -0.2) is 17.6 Å². The Morgan fingerprint density at radius 3 is 2.93 bits per heavy atom. The van der Waals surface area contributed by atoms with Crippen LogP contribution in [0.5, 0.6) is 0 Å². The second kappa shape index (κ2) is 5.08. The maximum atomic E-state index is 12.7. The number of hydrogen-bond acceptors (Lipinski definition) is 3. The smallest absolute Gasteiger partial charge is 0.317 e. The Hall–Kier alpha value is -1.93. The number of hydrogen-bond donors (Lipinski definition) is 2. The van der Waals surface area contributed by atoms with E-state index in [1.165, 1.54) is 12.1 Å². The van der Waals surface area contributed by atoms with Crippen molar-refractivity contribution in [2.75, 3.05) is 6.54 Å². The van der Waals surface area contributed by atoms with Crippen LogP contribution in [0.2, 0.25) is 0 Å². The number of carboxylic acid groups (broad SMARTS) is 1. The van der Waals surface area contributed by atoms with E-state index in [1.54, 1.807) is 0 Å². The van der Waals surface area contributed by atoms with Gasteiger partial charge in [-0.1, -0.05) is 6.07 Å². The molecule has 15 heavy (non-hydrogen) atoms. The monoisotopic (exact) mass is 208 g/mol. The Kier molecular flexibility index (Phi) is 3.77. The number of aliphatic carboxylic acids is 1. The first-order valence-electron chi connectivity index (χ1n) is 4.24. The molecule has 4 nitrogen and oxygen atoms in total. The van der Waals surface area contributed by atoms with Gasteiger partial charge in [-0.05, 0) is 17.7 Å². The molecule has 0 spiro atoms. The molecule has 0 atom stereocenters. The van der Waals surface area contributed by atoms with E-state index < -0.39 is 11.8 Å². The van der Waals surface area contributed by atoms with Crippen molar-refractivity contribution in [3.63, 3.8) is 0 Å². The summed E-state index contributed by atoms with van der Waals surface area (Å²) >= 11 is 0. The van der Waals surface area contributed by atoms with E-state index in [0.717, 1.165) is 6.07 Å². The van der Waals surface area contributed by atoms with Gasteiger partial charge in [-0.25, -0.2) is 4.39 Å². The van der Waals surface area contributed by atoms with Crippen molar-refractivity contribution in [2.45, 2.75) is 6.54 Å². The molecule has 1 aromatic rings. The minimum atomic E-state index is -0.976. The minimum Gasteiger partial charge on any atom is -0.480 e. The molecule has 0 aliphatic heterocycles. The summed E-state index contributed by atoms with van der Waals surface area (Å²) in [5.41, 5.74) is 0.799. The molecule has 0 saturated carbocycles. The molecular weight excluding hydrogens is 199 g/mol. The van der Waals surface area contributed by atoms with E-state index in [9.17, 15) is 9.18 Å². The third-order valence-electron chi connectivity index (χ3n) is 1.78. The van der Waals surface area contributed by atoms with Gasteiger partial charge >= 0.3 is 5.97 Å². The standard InChI is InChI=1S/C10H9FN2O2/c11-9-2-1-7(8(3-9)4-12)5-13-6-10(14)15/h1-3,13H,5-6H2,(H,14,15). The Bertz CT molecular complexity index is 412. The van der Waals surface area contributed by atoms with Gasteiger partial charge in [0.05, 0.1) is 18.2 Å². The topological polar surface area (TPSA) is 73.1 Å². The van der Waals surface area contributed by atoms with Crippen LogP contribution in [0.15, 0.2) is 18.2 Å². The number of nitriles is 1. The predicted octanol–water partition coefficient (Wildman–Crippen LogP) is 0.872. The zero-order chi connectivity index (χ0) is 11.3. The van der Waals surface area contributed by atoms with E-state index in [2.05, 4.69) is 5.32 Å². The molecule has 1 rings (SSSR count).